The Morgan fingerprint density at radius 3 is 2.43 bits per heavy atom. The van der Waals surface area contributed by atoms with E-state index < -0.39 is 11.9 Å². The third-order valence-corrected chi connectivity index (χ3v) is 8.96. The summed E-state index contributed by atoms with van der Waals surface area (Å²) in [6.45, 7) is 2.80. The minimum Gasteiger partial charge on any atom is -0.385 e. The van der Waals surface area contributed by atoms with E-state index in [4.69, 9.17) is 10.5 Å². The lowest BCUT2D eigenvalue weighted by Gasteiger charge is -2.51. The van der Waals surface area contributed by atoms with E-state index in [1.165, 1.54) is 5.56 Å². The van der Waals surface area contributed by atoms with Gasteiger partial charge in [-0.3, -0.25) is 14.5 Å². The van der Waals surface area contributed by atoms with Crippen molar-refractivity contribution in [3.63, 3.8) is 0 Å². The number of hydrogen-bond donors (Lipinski definition) is 1. The van der Waals surface area contributed by atoms with Gasteiger partial charge in [-0.05, 0) is 64.6 Å². The predicted molar refractivity (Wildman–Crippen MR) is 142 cm³/mol. The van der Waals surface area contributed by atoms with Crippen LogP contribution in [0.3, 0.4) is 0 Å². The van der Waals surface area contributed by atoms with Gasteiger partial charge in [0.05, 0.1) is 5.54 Å². The summed E-state index contributed by atoms with van der Waals surface area (Å²) in [6.07, 6.45) is 6.12. The Morgan fingerprint density at radius 2 is 1.81 bits per heavy atom. The third-order valence-electron chi connectivity index (χ3n) is 8.96. The molecule has 4 rings (SSSR count). The molecule has 0 aromatic heterocycles. The van der Waals surface area contributed by atoms with Crippen molar-refractivity contribution in [3.05, 3.63) is 35.9 Å². The molecule has 1 aliphatic carbocycles. The molecule has 4 amide bonds. The zero-order chi connectivity index (χ0) is 26.6. The smallest absolute Gasteiger partial charge is 0.320 e. The lowest BCUT2D eigenvalue weighted by atomic mass is 9.68. The van der Waals surface area contributed by atoms with Gasteiger partial charge in [0.15, 0.2) is 0 Å². The molecule has 2 aliphatic heterocycles. The van der Waals surface area contributed by atoms with Crippen LogP contribution >= 0.6 is 0 Å². The minimum absolute atomic E-state index is 0.00819. The maximum Gasteiger partial charge on any atom is 0.320 e. The number of urea groups is 1. The number of benzene rings is 1. The van der Waals surface area contributed by atoms with Gasteiger partial charge in [-0.25, -0.2) is 4.79 Å². The van der Waals surface area contributed by atoms with Crippen molar-refractivity contribution in [2.45, 2.75) is 68.5 Å². The summed E-state index contributed by atoms with van der Waals surface area (Å²) >= 11 is 0. The fourth-order valence-corrected chi connectivity index (χ4v) is 6.79. The first-order chi connectivity index (χ1) is 17.7. The highest BCUT2D eigenvalue weighted by atomic mass is 16.5. The highest BCUT2D eigenvalue weighted by Crippen LogP contribution is 2.49. The average Bonchev–Trinajstić information content (AvgIpc) is 3.48. The van der Waals surface area contributed by atoms with Gasteiger partial charge in [-0.2, -0.15) is 0 Å². The van der Waals surface area contributed by atoms with E-state index in [9.17, 15) is 14.4 Å². The van der Waals surface area contributed by atoms with Gasteiger partial charge in [0, 0.05) is 51.9 Å². The molecule has 0 unspecified atom stereocenters. The van der Waals surface area contributed by atoms with Gasteiger partial charge >= 0.3 is 6.03 Å². The van der Waals surface area contributed by atoms with Gasteiger partial charge < -0.3 is 25.2 Å². The molecule has 2 heterocycles. The molecular formula is C28H43N5O4. The Labute approximate surface area is 220 Å². The number of nitrogens with zero attached hydrogens (tertiary/aromatic N) is 4. The number of nitrogens with two attached hydrogens (primary N) is 1. The molecule has 1 aromatic carbocycles. The number of primary amides is 1. The zero-order valence-corrected chi connectivity index (χ0v) is 22.7. The summed E-state index contributed by atoms with van der Waals surface area (Å²) in [7, 11) is 5.98. The number of methoxy groups -OCH3 is 1. The third kappa shape index (κ3) is 5.34. The van der Waals surface area contributed by atoms with E-state index in [-0.39, 0.29) is 29.4 Å². The first-order valence-electron chi connectivity index (χ1n) is 13.6. The normalized spacial score (nSPS) is 28.1. The van der Waals surface area contributed by atoms with Crippen LogP contribution in [0.5, 0.6) is 0 Å². The molecule has 1 saturated carbocycles. The van der Waals surface area contributed by atoms with E-state index in [0.29, 0.717) is 39.2 Å². The highest BCUT2D eigenvalue weighted by molar-refractivity contribution is 5.87. The molecule has 1 spiro atoms. The van der Waals surface area contributed by atoms with E-state index >= 15 is 0 Å². The number of carbonyl (C=O) groups excluding carboxylic acids is 3. The molecule has 1 atom stereocenters. The highest BCUT2D eigenvalue weighted by Gasteiger charge is 2.54. The molecule has 3 fully saturated rings. The number of hydrogen-bond acceptors (Lipinski definition) is 5. The summed E-state index contributed by atoms with van der Waals surface area (Å²) in [5.74, 6) is -0.545. The molecule has 2 saturated heterocycles. The van der Waals surface area contributed by atoms with Crippen LogP contribution in [-0.2, 0) is 19.9 Å². The van der Waals surface area contributed by atoms with Crippen molar-refractivity contribution in [2.75, 3.05) is 54.0 Å². The molecule has 1 aromatic rings. The maximum atomic E-state index is 13.6. The number of carbonyl (C=O) groups is 3. The zero-order valence-electron chi connectivity index (χ0n) is 22.7. The Balaban J connectivity index is 1.48. The number of likely N-dealkylation sites (tertiary alicyclic amines) is 1. The summed E-state index contributed by atoms with van der Waals surface area (Å²) in [5, 5.41) is 0. The van der Waals surface area contributed by atoms with Crippen LogP contribution in [0.2, 0.25) is 0 Å². The summed E-state index contributed by atoms with van der Waals surface area (Å²) in [6, 6.07) is 10.2. The second-order valence-corrected chi connectivity index (χ2v) is 11.1. The van der Waals surface area contributed by atoms with Crippen LogP contribution in [0.4, 0.5) is 4.79 Å². The fraction of sp³-hybridized carbons (Fsp3) is 0.679. The van der Waals surface area contributed by atoms with Crippen LogP contribution in [-0.4, -0.2) is 103 Å². The maximum absolute atomic E-state index is 13.6. The van der Waals surface area contributed by atoms with Crippen LogP contribution in [0.25, 0.3) is 0 Å². The van der Waals surface area contributed by atoms with Crippen LogP contribution in [0.15, 0.2) is 30.3 Å². The molecule has 0 bridgehead atoms. The van der Waals surface area contributed by atoms with Crippen LogP contribution in [0, 0.1) is 0 Å². The Morgan fingerprint density at radius 1 is 1.11 bits per heavy atom. The largest absolute Gasteiger partial charge is 0.385 e. The SMILES string of the molecule is COCCCN1C(=O)N(CCC(=O)N2CCC[C@@H]2C(N)=O)CC12CCC(c1ccccc1)(N(C)C)CC2. The van der Waals surface area contributed by atoms with E-state index in [1.54, 1.807) is 12.0 Å². The van der Waals surface area contributed by atoms with Crippen molar-refractivity contribution in [1.29, 1.82) is 0 Å². The van der Waals surface area contributed by atoms with Crippen molar-refractivity contribution < 1.29 is 19.1 Å². The fourth-order valence-electron chi connectivity index (χ4n) is 6.79. The lowest BCUT2D eigenvalue weighted by Crippen LogP contribution is -2.55. The summed E-state index contributed by atoms with van der Waals surface area (Å²) < 4.78 is 5.28. The molecule has 3 aliphatic rings. The summed E-state index contributed by atoms with van der Waals surface area (Å²) in [5.41, 5.74) is 6.52. The number of rotatable bonds is 10. The molecule has 9 heteroatoms. The topological polar surface area (TPSA) is 99.4 Å². The Hall–Kier alpha value is -2.65. The minimum atomic E-state index is -0.519. The number of ether oxygens (including phenoxy) is 1. The monoisotopic (exact) mass is 513 g/mol. The van der Waals surface area contributed by atoms with Gasteiger partial charge in [-0.15, -0.1) is 0 Å². The molecule has 0 radical (unpaired) electrons. The first kappa shape index (κ1) is 27.4. The van der Waals surface area contributed by atoms with Crippen molar-refractivity contribution in [3.8, 4) is 0 Å². The molecular weight excluding hydrogens is 470 g/mol. The molecule has 9 nitrogen and oxygen atoms in total. The average molecular weight is 514 g/mol. The molecule has 37 heavy (non-hydrogen) atoms. The van der Waals surface area contributed by atoms with Gasteiger partial charge in [-0.1, -0.05) is 30.3 Å². The van der Waals surface area contributed by atoms with E-state index in [0.717, 1.165) is 38.5 Å². The van der Waals surface area contributed by atoms with Gasteiger partial charge in [0.25, 0.3) is 0 Å². The number of amides is 4. The van der Waals surface area contributed by atoms with Crippen molar-refractivity contribution in [2.24, 2.45) is 5.73 Å². The quantitative estimate of drug-likeness (QED) is 0.485. The predicted octanol–water partition coefficient (Wildman–Crippen LogP) is 2.40. The van der Waals surface area contributed by atoms with Gasteiger partial charge in [0.1, 0.15) is 6.04 Å². The second kappa shape index (κ2) is 11.4. The summed E-state index contributed by atoms with van der Waals surface area (Å²) in [4.78, 5) is 46.2. The lowest BCUT2D eigenvalue weighted by molar-refractivity contribution is -0.137. The van der Waals surface area contributed by atoms with E-state index in [2.05, 4.69) is 54.2 Å². The second-order valence-electron chi connectivity index (χ2n) is 11.1. The Kier molecular flexibility index (Phi) is 8.43. The van der Waals surface area contributed by atoms with E-state index in [1.807, 2.05) is 4.90 Å². The van der Waals surface area contributed by atoms with Crippen molar-refractivity contribution in [1.82, 2.24) is 19.6 Å². The van der Waals surface area contributed by atoms with Crippen LogP contribution in [0.1, 0.15) is 56.9 Å². The molecule has 204 valence electrons. The Bertz CT molecular complexity index is 961. The van der Waals surface area contributed by atoms with Gasteiger partial charge in [0.2, 0.25) is 11.8 Å². The first-order valence-corrected chi connectivity index (χ1v) is 13.6. The standard InChI is InChI=1S/C28H43N5O4/c1-30(2)28(22-9-5-4-6-10-22)15-13-27(14-16-28)21-31(26(36)33(27)18-8-20-37-3)19-12-24(34)32-17-7-11-23(32)25(29)35/h4-6,9-10,23H,7-8,11-21H2,1-3H3,(H2,29,35)/t23-,27?,28?/m1/s1. The van der Waals surface area contributed by atoms with Crippen molar-refractivity contribution >= 4 is 17.8 Å². The molecule has 2 N–H and O–H groups in total. The van der Waals surface area contributed by atoms with Crippen LogP contribution < -0.4 is 5.73 Å².